The van der Waals surface area contributed by atoms with Gasteiger partial charge in [0.2, 0.25) is 5.91 Å². The minimum Gasteiger partial charge on any atom is -0.504 e. The average Bonchev–Trinajstić information content (AvgIpc) is 3.12. The quantitative estimate of drug-likeness (QED) is 0.685. The summed E-state index contributed by atoms with van der Waals surface area (Å²) in [7, 11) is 3.99. The van der Waals surface area contributed by atoms with E-state index < -0.39 is 16.6 Å². The first-order chi connectivity index (χ1) is 17.0. The molecule has 6 rings (SSSR count). The Morgan fingerprint density at radius 1 is 1.19 bits per heavy atom. The predicted octanol–water partition coefficient (Wildman–Crippen LogP) is 3.64. The van der Waals surface area contributed by atoms with Crippen LogP contribution in [0.4, 0.5) is 0 Å². The number of likely N-dealkylation sites (N-methyl/N-ethyl adjacent to an activating group) is 2. The van der Waals surface area contributed by atoms with Crippen molar-refractivity contribution >= 4 is 5.91 Å². The minimum atomic E-state index is -0.972. The Bertz CT molecular complexity index is 1260. The predicted molar refractivity (Wildman–Crippen MR) is 139 cm³/mol. The molecule has 2 N–H and O–H groups in total. The number of phenolic OH excluding ortho intramolecular Hbond substituents is 1. The fourth-order valence-electron chi connectivity index (χ4n) is 8.31. The molecule has 4 aliphatic rings. The maximum absolute atomic E-state index is 13.6. The van der Waals surface area contributed by atoms with Crippen LogP contribution in [0.15, 0.2) is 30.3 Å². The van der Waals surface area contributed by atoms with Gasteiger partial charge in [-0.1, -0.05) is 24.3 Å². The molecule has 2 unspecified atom stereocenters. The number of aliphatic hydroxyl groups is 1. The van der Waals surface area contributed by atoms with E-state index in [0.29, 0.717) is 31.4 Å². The highest BCUT2D eigenvalue weighted by Crippen LogP contribution is 2.69. The first-order valence-corrected chi connectivity index (χ1v) is 13.3. The number of piperidine rings is 1. The van der Waals surface area contributed by atoms with Gasteiger partial charge < -0.3 is 24.7 Å². The maximum atomic E-state index is 13.6. The Kier molecular flexibility index (Phi) is 5.10. The van der Waals surface area contributed by atoms with E-state index in [9.17, 15) is 15.0 Å². The molecule has 2 aromatic rings. The fourth-order valence-corrected chi connectivity index (χ4v) is 8.31. The molecule has 0 radical (unpaired) electrons. The molecule has 6 nitrogen and oxygen atoms in total. The van der Waals surface area contributed by atoms with Gasteiger partial charge in [-0.3, -0.25) is 4.79 Å². The second kappa shape index (κ2) is 7.72. The van der Waals surface area contributed by atoms with Gasteiger partial charge in [0.15, 0.2) is 11.5 Å². The van der Waals surface area contributed by atoms with E-state index in [2.05, 4.69) is 50.9 Å². The summed E-state index contributed by atoms with van der Waals surface area (Å²) in [6.45, 7) is 7.13. The number of amides is 1. The number of carbonyl (C=O) groups is 1. The van der Waals surface area contributed by atoms with Crippen LogP contribution in [0, 0.1) is 13.8 Å². The second-order valence-electron chi connectivity index (χ2n) is 11.9. The topological polar surface area (TPSA) is 73.2 Å². The zero-order valence-electron chi connectivity index (χ0n) is 22.1. The molecule has 2 aliphatic carbocycles. The Hall–Kier alpha value is -2.57. The monoisotopic (exact) mass is 490 g/mol. The molecule has 1 saturated heterocycles. The molecule has 2 bridgehead atoms. The number of rotatable bonds is 4. The van der Waals surface area contributed by atoms with E-state index in [1.807, 2.05) is 18.0 Å². The number of carbonyl (C=O) groups excluding carboxylic acids is 1. The third-order valence-corrected chi connectivity index (χ3v) is 10.4. The molecular weight excluding hydrogens is 452 g/mol. The third kappa shape index (κ3) is 2.83. The molecule has 2 aliphatic heterocycles. The van der Waals surface area contributed by atoms with Crippen molar-refractivity contribution in [1.82, 2.24) is 9.80 Å². The highest BCUT2D eigenvalue weighted by molar-refractivity contribution is 5.77. The molecule has 2 heterocycles. The van der Waals surface area contributed by atoms with Gasteiger partial charge in [-0.05, 0) is 94.8 Å². The molecule has 1 saturated carbocycles. The van der Waals surface area contributed by atoms with Crippen molar-refractivity contribution in [2.75, 3.05) is 20.6 Å². The van der Waals surface area contributed by atoms with Gasteiger partial charge in [0.05, 0.1) is 17.1 Å². The van der Waals surface area contributed by atoms with Gasteiger partial charge >= 0.3 is 0 Å². The van der Waals surface area contributed by atoms with Crippen LogP contribution in [-0.2, 0) is 23.1 Å². The van der Waals surface area contributed by atoms with Gasteiger partial charge in [0, 0.05) is 25.1 Å². The van der Waals surface area contributed by atoms with E-state index in [4.69, 9.17) is 4.74 Å². The zero-order chi connectivity index (χ0) is 25.6. The lowest BCUT2D eigenvalue weighted by Gasteiger charge is -2.67. The number of hydrogen-bond acceptors (Lipinski definition) is 5. The minimum absolute atomic E-state index is 0.0103. The Balaban J connectivity index is 1.36. The van der Waals surface area contributed by atoms with Crippen LogP contribution in [0.3, 0.4) is 0 Å². The van der Waals surface area contributed by atoms with E-state index in [1.165, 1.54) is 16.7 Å². The zero-order valence-corrected chi connectivity index (χ0v) is 22.1. The van der Waals surface area contributed by atoms with Crippen molar-refractivity contribution in [2.24, 2.45) is 0 Å². The SMILES string of the molecule is Cc1ccc(CCC(=O)N(C)C2CC[C@@]3(O)[C@H]4Cc5ccc(O)c6c5[C@@]3(CCN4C)C2(C)O6)cc1C. The summed E-state index contributed by atoms with van der Waals surface area (Å²) < 4.78 is 6.75. The molecule has 192 valence electrons. The van der Waals surface area contributed by atoms with Crippen LogP contribution in [-0.4, -0.2) is 69.8 Å². The molecule has 2 fully saturated rings. The van der Waals surface area contributed by atoms with E-state index >= 15 is 0 Å². The van der Waals surface area contributed by atoms with Gasteiger partial charge in [0.1, 0.15) is 5.60 Å². The number of aromatic hydroxyl groups is 1. The molecule has 0 aromatic heterocycles. The van der Waals surface area contributed by atoms with Gasteiger partial charge in [0.25, 0.3) is 0 Å². The largest absolute Gasteiger partial charge is 0.504 e. The highest BCUT2D eigenvalue weighted by Gasteiger charge is 2.78. The van der Waals surface area contributed by atoms with Crippen LogP contribution < -0.4 is 4.74 Å². The number of ether oxygens (including phenoxy) is 1. The number of benzene rings is 2. The number of likely N-dealkylation sites (tertiary alicyclic amines) is 1. The fraction of sp³-hybridized carbons (Fsp3) is 0.567. The van der Waals surface area contributed by atoms with Crippen LogP contribution >= 0.6 is 0 Å². The lowest BCUT2D eigenvalue weighted by Crippen LogP contribution is -2.81. The Labute approximate surface area is 213 Å². The smallest absolute Gasteiger partial charge is 0.223 e. The van der Waals surface area contributed by atoms with E-state index in [0.717, 1.165) is 30.5 Å². The van der Waals surface area contributed by atoms with Crippen molar-refractivity contribution in [3.8, 4) is 11.5 Å². The number of hydrogen-bond donors (Lipinski definition) is 2. The molecule has 2 aromatic carbocycles. The third-order valence-electron chi connectivity index (χ3n) is 10.4. The van der Waals surface area contributed by atoms with Gasteiger partial charge in [-0.25, -0.2) is 0 Å². The summed E-state index contributed by atoms with van der Waals surface area (Å²) in [4.78, 5) is 17.7. The lowest BCUT2D eigenvalue weighted by atomic mass is 9.44. The van der Waals surface area contributed by atoms with Crippen molar-refractivity contribution < 1.29 is 19.7 Å². The standard InChI is InChI=1S/C30H38N2O4/c1-18-6-7-20(16-19(18)2)8-11-25(34)32(5)23-12-13-30(35)24-17-21-9-10-22(33)27-26(21)29(30,14-15-31(24)4)28(23,3)36-27/h6-7,9-10,16,23-24,33,35H,8,11-15,17H2,1-5H3/t23?,24-,28?,29+,30-/m1/s1. The van der Waals surface area contributed by atoms with E-state index in [1.54, 1.807) is 6.07 Å². The average molecular weight is 491 g/mol. The lowest BCUT2D eigenvalue weighted by molar-refractivity contribution is -0.226. The van der Waals surface area contributed by atoms with Crippen molar-refractivity contribution in [2.45, 2.75) is 88.0 Å². The van der Waals surface area contributed by atoms with Crippen molar-refractivity contribution in [1.29, 1.82) is 0 Å². The Morgan fingerprint density at radius 2 is 1.97 bits per heavy atom. The summed E-state index contributed by atoms with van der Waals surface area (Å²) in [6, 6.07) is 9.91. The molecule has 5 atom stereocenters. The number of aryl methyl sites for hydroxylation is 3. The second-order valence-corrected chi connectivity index (χ2v) is 11.9. The van der Waals surface area contributed by atoms with Crippen molar-refractivity contribution in [3.63, 3.8) is 0 Å². The molecular formula is C30H38N2O4. The van der Waals surface area contributed by atoms with Crippen LogP contribution in [0.5, 0.6) is 11.5 Å². The molecule has 1 amide bonds. The summed E-state index contributed by atoms with van der Waals surface area (Å²) in [5.74, 6) is 0.728. The van der Waals surface area contributed by atoms with Crippen molar-refractivity contribution in [3.05, 3.63) is 58.1 Å². The summed E-state index contributed by atoms with van der Waals surface area (Å²) in [5.41, 5.74) is 3.34. The molecule has 6 heteroatoms. The van der Waals surface area contributed by atoms with Crippen LogP contribution in [0.1, 0.15) is 60.4 Å². The first kappa shape index (κ1) is 23.8. The van der Waals surface area contributed by atoms with Gasteiger partial charge in [-0.15, -0.1) is 0 Å². The normalized spacial score (nSPS) is 34.2. The molecule has 1 spiro atoms. The van der Waals surface area contributed by atoms with Crippen LogP contribution in [0.25, 0.3) is 0 Å². The first-order valence-electron chi connectivity index (χ1n) is 13.3. The highest BCUT2D eigenvalue weighted by atomic mass is 16.5. The number of phenols is 1. The maximum Gasteiger partial charge on any atom is 0.223 e. The van der Waals surface area contributed by atoms with Gasteiger partial charge in [-0.2, -0.15) is 0 Å². The molecule has 36 heavy (non-hydrogen) atoms. The number of nitrogens with zero attached hydrogens (tertiary/aromatic N) is 2. The summed E-state index contributed by atoms with van der Waals surface area (Å²) in [5, 5.41) is 23.3. The summed E-state index contributed by atoms with van der Waals surface area (Å²) in [6.07, 6.45) is 3.87. The summed E-state index contributed by atoms with van der Waals surface area (Å²) >= 11 is 0. The Morgan fingerprint density at radius 3 is 2.72 bits per heavy atom. The van der Waals surface area contributed by atoms with E-state index in [-0.39, 0.29) is 23.7 Å². The van der Waals surface area contributed by atoms with Crippen LogP contribution in [0.2, 0.25) is 0 Å².